The number of benzene rings is 2. The van der Waals surface area contributed by atoms with E-state index in [1.165, 1.54) is 14.2 Å². The van der Waals surface area contributed by atoms with Crippen LogP contribution in [0.25, 0.3) is 17.5 Å². The Bertz CT molecular complexity index is 1670. The highest BCUT2D eigenvalue weighted by Gasteiger charge is 2.35. The zero-order valence-corrected chi connectivity index (χ0v) is 21.4. The molecule has 0 aliphatic carbocycles. The maximum absolute atomic E-state index is 13.9. The number of methoxy groups -OCH3 is 2. The number of allylic oxidation sites excluding steroid dienone is 1. The minimum Gasteiger partial charge on any atom is -0.497 e. The van der Waals surface area contributed by atoms with Crippen LogP contribution < -0.4 is 30.5 Å². The molecule has 2 heterocycles. The molecule has 3 N–H and O–H groups in total. The molecule has 2 aromatic carbocycles. The van der Waals surface area contributed by atoms with Crippen LogP contribution in [0.2, 0.25) is 0 Å². The molecule has 188 valence electrons. The van der Waals surface area contributed by atoms with Crippen LogP contribution in [0.15, 0.2) is 52.8 Å². The third-order valence-electron chi connectivity index (χ3n) is 6.04. The van der Waals surface area contributed by atoms with Crippen LogP contribution in [0, 0.1) is 25.2 Å². The van der Waals surface area contributed by atoms with Gasteiger partial charge in [0.05, 0.1) is 37.4 Å². The maximum atomic E-state index is 13.9. The first-order chi connectivity index (χ1) is 17.7. The number of nitrogens with one attached hydrogen (secondary N) is 1. The number of ether oxygens (including phenoxy) is 2. The number of hydrogen-bond acceptors (Lipinski definition) is 8. The number of amides is 1. The Labute approximate surface area is 216 Å². The average Bonchev–Trinajstić information content (AvgIpc) is 3.20. The molecule has 10 heteroatoms. The minimum absolute atomic E-state index is 0.0225. The number of nitrogens with zero attached hydrogens (tertiary/aromatic N) is 2. The topological polar surface area (TPSA) is 136 Å². The second-order valence-electron chi connectivity index (χ2n) is 8.38. The minimum atomic E-state index is -0.870. The van der Waals surface area contributed by atoms with Gasteiger partial charge in [0.25, 0.3) is 11.5 Å². The fourth-order valence-corrected chi connectivity index (χ4v) is 5.34. The Hall–Kier alpha value is -4.62. The molecule has 0 radical (unpaired) electrons. The predicted molar refractivity (Wildman–Crippen MR) is 141 cm³/mol. The summed E-state index contributed by atoms with van der Waals surface area (Å²) in [5.74, 6) is -1.61. The van der Waals surface area contributed by atoms with Crippen molar-refractivity contribution in [3.8, 4) is 11.8 Å². The Kier molecular flexibility index (Phi) is 7.00. The first-order valence-electron chi connectivity index (χ1n) is 11.2. The number of aromatic nitrogens is 1. The second-order valence-corrected chi connectivity index (χ2v) is 9.41. The molecule has 9 nitrogen and oxygen atoms in total. The molecule has 1 amide bonds. The number of anilines is 1. The maximum Gasteiger partial charge on any atom is 0.332 e. The van der Waals surface area contributed by atoms with Crippen LogP contribution in [0.3, 0.4) is 0 Å². The molecule has 0 spiro atoms. The molecular formula is C27H24N4O5S. The highest BCUT2D eigenvalue weighted by atomic mass is 32.1. The zero-order valence-electron chi connectivity index (χ0n) is 20.6. The van der Waals surface area contributed by atoms with Gasteiger partial charge in [-0.25, -0.2) is 4.79 Å². The fraction of sp³-hybridized carbons (Fsp3) is 0.185. The standard InChI is InChI=1S/C27H24N4O5S/c1-14-5-10-19(15(2)11-14)30-25(33)23-22(16-6-8-17(35-3)9-7-16)18(13-28)24(29)31-26(34)20(37-27(23)31)12-21(32)36-4/h5-12,22H,29H2,1-4H3,(H,30,33)/b20-12-. The number of fused-ring (bicyclic) bond motifs is 1. The van der Waals surface area contributed by atoms with E-state index >= 15 is 0 Å². The van der Waals surface area contributed by atoms with Crippen LogP contribution in [-0.2, 0) is 14.3 Å². The molecule has 1 aromatic heterocycles. The van der Waals surface area contributed by atoms with Gasteiger partial charge in [-0.15, -0.1) is 11.3 Å². The van der Waals surface area contributed by atoms with Crippen LogP contribution in [0.1, 0.15) is 22.6 Å². The van der Waals surface area contributed by atoms with Gasteiger partial charge in [-0.3, -0.25) is 14.2 Å². The molecule has 0 saturated carbocycles. The number of hydrogen-bond donors (Lipinski definition) is 2. The van der Waals surface area contributed by atoms with Crippen molar-refractivity contribution in [1.82, 2.24) is 4.57 Å². The van der Waals surface area contributed by atoms with Crippen molar-refractivity contribution in [3.05, 3.63) is 84.3 Å². The molecule has 0 bridgehead atoms. The van der Waals surface area contributed by atoms with Crippen LogP contribution in [0.5, 0.6) is 5.75 Å². The molecule has 3 aromatic rings. The molecule has 1 atom stereocenters. The number of esters is 1. The summed E-state index contributed by atoms with van der Waals surface area (Å²) in [6.07, 6.45) is 1.04. The number of thiazole rings is 1. The lowest BCUT2D eigenvalue weighted by Crippen LogP contribution is -2.40. The van der Waals surface area contributed by atoms with Gasteiger partial charge in [0.15, 0.2) is 0 Å². The Balaban J connectivity index is 2.04. The Morgan fingerprint density at radius 1 is 1.16 bits per heavy atom. The van der Waals surface area contributed by atoms with Gasteiger partial charge >= 0.3 is 5.97 Å². The first kappa shape index (κ1) is 25.5. The Morgan fingerprint density at radius 2 is 1.86 bits per heavy atom. The van der Waals surface area contributed by atoms with Crippen molar-refractivity contribution < 1.29 is 19.1 Å². The molecule has 1 aliphatic rings. The number of nitrogens with two attached hydrogens (primary N) is 1. The summed E-state index contributed by atoms with van der Waals surface area (Å²) < 4.78 is 11.3. The number of carbonyl (C=O) groups is 2. The monoisotopic (exact) mass is 516 g/mol. The Morgan fingerprint density at radius 3 is 2.46 bits per heavy atom. The van der Waals surface area contributed by atoms with Crippen molar-refractivity contribution in [2.75, 3.05) is 19.5 Å². The number of nitriles is 1. The lowest BCUT2D eigenvalue weighted by molar-refractivity contribution is -0.133. The lowest BCUT2D eigenvalue weighted by atomic mass is 9.83. The lowest BCUT2D eigenvalue weighted by Gasteiger charge is -2.25. The molecular weight excluding hydrogens is 492 g/mol. The molecule has 0 fully saturated rings. The third-order valence-corrected chi connectivity index (χ3v) is 7.15. The van der Waals surface area contributed by atoms with E-state index in [-0.39, 0.29) is 26.2 Å². The fourth-order valence-electron chi connectivity index (χ4n) is 4.21. The zero-order chi connectivity index (χ0) is 26.9. The van der Waals surface area contributed by atoms with Gasteiger partial charge in [0.1, 0.15) is 20.8 Å². The van der Waals surface area contributed by atoms with E-state index in [2.05, 4.69) is 16.1 Å². The molecule has 0 saturated heterocycles. The van der Waals surface area contributed by atoms with Crippen molar-refractivity contribution in [3.63, 3.8) is 0 Å². The SMILES string of the molecule is COC(=O)/C=c1\sc2n(c1=O)C(N)=C(C#N)C(c1ccc(OC)cc1)C=2C(=O)Nc1ccc(C)cc1C. The summed E-state index contributed by atoms with van der Waals surface area (Å²) in [4.78, 5) is 39.0. The summed E-state index contributed by atoms with van der Waals surface area (Å²) in [6, 6.07) is 14.6. The average molecular weight is 517 g/mol. The van der Waals surface area contributed by atoms with Crippen LogP contribution in [-0.4, -0.2) is 30.7 Å². The van der Waals surface area contributed by atoms with E-state index in [9.17, 15) is 19.6 Å². The second kappa shape index (κ2) is 10.2. The van der Waals surface area contributed by atoms with Gasteiger partial charge in [0.2, 0.25) is 0 Å². The summed E-state index contributed by atoms with van der Waals surface area (Å²) in [5, 5.41) is 13.0. The van der Waals surface area contributed by atoms with Crippen LogP contribution in [0.4, 0.5) is 5.69 Å². The van der Waals surface area contributed by atoms with Gasteiger partial charge in [-0.1, -0.05) is 29.8 Å². The van der Waals surface area contributed by atoms with E-state index in [1.54, 1.807) is 30.3 Å². The van der Waals surface area contributed by atoms with Crippen molar-refractivity contribution >= 4 is 46.4 Å². The summed E-state index contributed by atoms with van der Waals surface area (Å²) in [5.41, 5.74) is 8.99. The number of rotatable bonds is 5. The predicted octanol–water partition coefficient (Wildman–Crippen LogP) is 1.73. The number of carbonyl (C=O) groups excluding carboxylic acids is 2. The van der Waals surface area contributed by atoms with E-state index in [1.807, 2.05) is 26.0 Å². The summed E-state index contributed by atoms with van der Waals surface area (Å²) in [7, 11) is 2.73. The summed E-state index contributed by atoms with van der Waals surface area (Å²) >= 11 is 0.930. The normalized spacial score (nSPS) is 15.2. The smallest absolute Gasteiger partial charge is 0.332 e. The van der Waals surface area contributed by atoms with Gasteiger partial charge in [-0.05, 0) is 43.2 Å². The van der Waals surface area contributed by atoms with Crippen molar-refractivity contribution in [2.24, 2.45) is 5.73 Å². The first-order valence-corrected chi connectivity index (χ1v) is 12.0. The van der Waals surface area contributed by atoms with E-state index in [0.717, 1.165) is 33.1 Å². The third kappa shape index (κ3) is 4.64. The summed E-state index contributed by atoms with van der Waals surface area (Å²) in [6.45, 7) is 3.82. The highest BCUT2D eigenvalue weighted by molar-refractivity contribution is 7.07. The van der Waals surface area contributed by atoms with E-state index in [4.69, 9.17) is 10.5 Å². The number of aryl methyl sites for hydroxylation is 2. The largest absolute Gasteiger partial charge is 0.497 e. The molecule has 37 heavy (non-hydrogen) atoms. The highest BCUT2D eigenvalue weighted by Crippen LogP contribution is 2.37. The van der Waals surface area contributed by atoms with E-state index in [0.29, 0.717) is 17.0 Å². The van der Waals surface area contributed by atoms with Gasteiger partial charge < -0.3 is 20.5 Å². The van der Waals surface area contributed by atoms with E-state index < -0.39 is 23.4 Å². The molecule has 1 aliphatic heterocycles. The molecule has 4 rings (SSSR count). The van der Waals surface area contributed by atoms with Gasteiger partial charge in [-0.2, -0.15) is 5.26 Å². The quantitative estimate of drug-likeness (QED) is 0.493. The van der Waals surface area contributed by atoms with Gasteiger partial charge in [0, 0.05) is 11.8 Å². The van der Waals surface area contributed by atoms with Crippen molar-refractivity contribution in [2.45, 2.75) is 19.8 Å². The van der Waals surface area contributed by atoms with Crippen molar-refractivity contribution in [1.29, 1.82) is 5.26 Å². The molecule has 1 unspecified atom stereocenters. The van der Waals surface area contributed by atoms with Crippen LogP contribution >= 0.6 is 11.3 Å².